The van der Waals surface area contributed by atoms with Crippen LogP contribution in [0.5, 0.6) is 0 Å². The van der Waals surface area contributed by atoms with Crippen LogP contribution in [-0.2, 0) is 20.2 Å². The van der Waals surface area contributed by atoms with Gasteiger partial charge in [-0.2, -0.15) is 12.1 Å². The Labute approximate surface area is 115 Å². The molecule has 0 aliphatic carbocycles. The summed E-state index contributed by atoms with van der Waals surface area (Å²) in [6.07, 6.45) is 0. The third-order valence-corrected chi connectivity index (χ3v) is 2.76. The molecular weight excluding hydrogens is 266 g/mol. The van der Waals surface area contributed by atoms with E-state index >= 15 is 0 Å². The van der Waals surface area contributed by atoms with Gasteiger partial charge in [-0.25, -0.2) is 0 Å². The minimum absolute atomic E-state index is 1.29. The summed E-state index contributed by atoms with van der Waals surface area (Å²) in [5, 5.41) is 2.65. The fourth-order valence-corrected chi connectivity index (χ4v) is 2.03. The van der Waals surface area contributed by atoms with Gasteiger partial charge in [-0.3, -0.25) is 0 Å². The van der Waals surface area contributed by atoms with E-state index in [2.05, 4.69) is 66.7 Å². The summed E-state index contributed by atoms with van der Waals surface area (Å²) in [5.74, 6) is 0. The van der Waals surface area contributed by atoms with Gasteiger partial charge in [-0.05, 0) is 5.56 Å². The molecule has 0 aliphatic rings. The molecule has 0 heterocycles. The minimum atomic E-state index is -2.50. The predicted octanol–water partition coefficient (Wildman–Crippen LogP) is 5.06. The summed E-state index contributed by atoms with van der Waals surface area (Å²) in [6, 6.07) is 23.4. The number of fused-ring (bicyclic) bond motifs is 1. The Kier molecular flexibility index (Phi) is 4.74. The maximum atomic E-state index is 9.75. The van der Waals surface area contributed by atoms with Gasteiger partial charge in [0, 0.05) is 0 Å². The largest absolute Gasteiger partial charge is 0.168 e. The van der Waals surface area contributed by atoms with Crippen LogP contribution in [0.4, 0.5) is 6.18 Å². The molecule has 3 aromatic carbocycles. The molecule has 0 aromatic heterocycles. The molecule has 0 saturated carbocycles. The molecule has 3 heteroatoms. The summed E-state index contributed by atoms with van der Waals surface area (Å²) >= 11 is -2.50. The van der Waals surface area contributed by atoms with E-state index in [9.17, 15) is 6.18 Å². The van der Waals surface area contributed by atoms with E-state index in [1.807, 2.05) is 0 Å². The van der Waals surface area contributed by atoms with Crippen molar-refractivity contribution in [1.29, 1.82) is 0 Å². The fourth-order valence-electron chi connectivity index (χ4n) is 2.03. The Morgan fingerprint density at radius 1 is 0.833 bits per heavy atom. The molecule has 0 spiro atoms. The number of benzene rings is 2. The summed E-state index contributed by atoms with van der Waals surface area (Å²) in [6.45, 7) is 0. The molecular formula is C15H11F2Ti-. The Bertz CT molecular complexity index is 602. The van der Waals surface area contributed by atoms with Gasteiger partial charge in [-0.15, -0.1) is 29.0 Å². The van der Waals surface area contributed by atoms with Crippen LogP contribution < -0.4 is 0 Å². The van der Waals surface area contributed by atoms with Gasteiger partial charge in [0.2, 0.25) is 0 Å². The van der Waals surface area contributed by atoms with Crippen LogP contribution in [0, 0.1) is 0 Å². The van der Waals surface area contributed by atoms with Gasteiger partial charge in [0.15, 0.2) is 0 Å². The number of halogens is 2. The van der Waals surface area contributed by atoms with Crippen molar-refractivity contribution >= 4 is 10.8 Å². The summed E-state index contributed by atoms with van der Waals surface area (Å²) in [4.78, 5) is 0. The maximum Gasteiger partial charge on any atom is -0.0279 e. The average molecular weight is 277 g/mol. The normalized spacial score (nSPS) is 9.67. The van der Waals surface area contributed by atoms with Crippen LogP contribution in [-0.4, -0.2) is 0 Å². The maximum absolute atomic E-state index is 9.75. The van der Waals surface area contributed by atoms with Crippen molar-refractivity contribution in [3.63, 3.8) is 0 Å². The van der Waals surface area contributed by atoms with Crippen molar-refractivity contribution in [3.8, 4) is 11.1 Å². The van der Waals surface area contributed by atoms with Crippen molar-refractivity contribution in [2.24, 2.45) is 0 Å². The molecule has 0 atom stereocenters. The Balaban J connectivity index is 0.000000367. The minimum Gasteiger partial charge on any atom is -0.168 e. The molecule has 0 saturated heterocycles. The molecule has 0 fully saturated rings. The Morgan fingerprint density at radius 2 is 1.56 bits per heavy atom. The van der Waals surface area contributed by atoms with Crippen molar-refractivity contribution in [2.45, 2.75) is 0 Å². The average Bonchev–Trinajstić information content (AvgIpc) is 2.89. The van der Waals surface area contributed by atoms with Gasteiger partial charge in [0.1, 0.15) is 0 Å². The second-order valence-electron chi connectivity index (χ2n) is 3.77. The van der Waals surface area contributed by atoms with Gasteiger partial charge in [-0.1, -0.05) is 42.0 Å². The van der Waals surface area contributed by atoms with Crippen LogP contribution in [0.3, 0.4) is 0 Å². The standard InChI is InChI=1S/C15H11.2FH.Ti/c1-2-6-12(7-3-1)14-10-4-8-13-9-5-11-15(13)14;;;/h1-11H;2*1H;/q-1;;;+2/p-2. The predicted molar refractivity (Wildman–Crippen MR) is 67.2 cm³/mol. The van der Waals surface area contributed by atoms with E-state index in [0.29, 0.717) is 0 Å². The summed E-state index contributed by atoms with van der Waals surface area (Å²) in [7, 11) is 0. The van der Waals surface area contributed by atoms with Crippen molar-refractivity contribution in [1.82, 2.24) is 0 Å². The van der Waals surface area contributed by atoms with Crippen LogP contribution in [0.2, 0.25) is 0 Å². The van der Waals surface area contributed by atoms with E-state index in [0.717, 1.165) is 0 Å². The second-order valence-corrected chi connectivity index (χ2v) is 3.99. The topological polar surface area (TPSA) is 0 Å². The Morgan fingerprint density at radius 3 is 2.28 bits per heavy atom. The van der Waals surface area contributed by atoms with Crippen molar-refractivity contribution < 1.29 is 26.4 Å². The first-order chi connectivity index (χ1) is 8.86. The molecule has 90 valence electrons. The zero-order valence-corrected chi connectivity index (χ0v) is 11.2. The first kappa shape index (κ1) is 13.1. The van der Waals surface area contributed by atoms with Gasteiger partial charge in [0.25, 0.3) is 0 Å². The smallest absolute Gasteiger partial charge is 0.0279 e. The molecule has 0 aliphatic heterocycles. The van der Waals surface area contributed by atoms with E-state index in [1.54, 1.807) is 0 Å². The monoisotopic (exact) mass is 277 g/mol. The zero-order valence-electron chi connectivity index (χ0n) is 9.61. The van der Waals surface area contributed by atoms with Gasteiger partial charge in [0.05, 0.1) is 0 Å². The third kappa shape index (κ3) is 2.89. The number of rotatable bonds is 1. The molecule has 0 nitrogen and oxygen atoms in total. The van der Waals surface area contributed by atoms with Gasteiger partial charge < -0.3 is 0 Å². The molecule has 0 radical (unpaired) electrons. The number of hydrogen-bond donors (Lipinski definition) is 0. The molecule has 18 heavy (non-hydrogen) atoms. The first-order valence-corrected chi connectivity index (χ1v) is 6.71. The fraction of sp³-hybridized carbons (Fsp3) is 0. The second kappa shape index (κ2) is 6.53. The molecule has 0 amide bonds. The SMILES string of the molecule is [F][Ti][F].c1ccc(-c2cccc3[cH-]ccc23)cc1. The van der Waals surface area contributed by atoms with E-state index in [4.69, 9.17) is 0 Å². The molecule has 0 N–H and O–H groups in total. The molecule has 3 rings (SSSR count). The van der Waals surface area contributed by atoms with E-state index in [-0.39, 0.29) is 0 Å². The molecule has 0 bridgehead atoms. The molecule has 3 aromatic rings. The molecule has 0 unspecified atom stereocenters. The first-order valence-electron chi connectivity index (χ1n) is 5.53. The van der Waals surface area contributed by atoms with E-state index < -0.39 is 20.2 Å². The number of hydrogen-bond acceptors (Lipinski definition) is 0. The van der Waals surface area contributed by atoms with Crippen molar-refractivity contribution in [2.75, 3.05) is 0 Å². The van der Waals surface area contributed by atoms with E-state index in [1.165, 1.54) is 21.9 Å². The van der Waals surface area contributed by atoms with Crippen molar-refractivity contribution in [3.05, 3.63) is 66.7 Å². The quantitative estimate of drug-likeness (QED) is 0.430. The van der Waals surface area contributed by atoms with Gasteiger partial charge >= 0.3 is 26.4 Å². The van der Waals surface area contributed by atoms with Crippen LogP contribution in [0.15, 0.2) is 66.7 Å². The summed E-state index contributed by atoms with van der Waals surface area (Å²) in [5.41, 5.74) is 2.60. The third-order valence-electron chi connectivity index (χ3n) is 2.76. The van der Waals surface area contributed by atoms with Crippen LogP contribution in [0.1, 0.15) is 0 Å². The zero-order chi connectivity index (χ0) is 12.8. The van der Waals surface area contributed by atoms with Crippen LogP contribution >= 0.6 is 0 Å². The van der Waals surface area contributed by atoms with Crippen LogP contribution in [0.25, 0.3) is 21.9 Å². The summed E-state index contributed by atoms with van der Waals surface area (Å²) < 4.78 is 19.5. The Hall–Kier alpha value is -1.38.